The number of carbonyl (C=O) groups excluding carboxylic acids is 1. The molecule has 1 fully saturated rings. The molecule has 4 rings (SSSR count). The summed E-state index contributed by atoms with van der Waals surface area (Å²) in [5.41, 5.74) is 1.53. The second-order valence-corrected chi connectivity index (χ2v) is 10.3. The first kappa shape index (κ1) is 22.5. The Kier molecular flexibility index (Phi) is 6.92. The number of nitrogens with one attached hydrogen (secondary N) is 1. The lowest BCUT2D eigenvalue weighted by molar-refractivity contribution is -0.113. The lowest BCUT2D eigenvalue weighted by Crippen LogP contribution is -2.27. The lowest BCUT2D eigenvalue weighted by atomic mass is 10.2. The van der Waals surface area contributed by atoms with E-state index >= 15 is 0 Å². The second kappa shape index (κ2) is 9.85. The molecule has 2 aromatic carbocycles. The number of hydrogen-bond acceptors (Lipinski definition) is 6. The average molecular weight is 472 g/mol. The van der Waals surface area contributed by atoms with Crippen LogP contribution in [-0.4, -0.2) is 52.2 Å². The van der Waals surface area contributed by atoms with E-state index in [1.807, 2.05) is 41.8 Å². The van der Waals surface area contributed by atoms with Crippen molar-refractivity contribution in [2.75, 3.05) is 24.2 Å². The van der Waals surface area contributed by atoms with Gasteiger partial charge in [-0.3, -0.25) is 4.79 Å². The molecule has 1 N–H and O–H groups in total. The van der Waals surface area contributed by atoms with Crippen LogP contribution in [0.4, 0.5) is 5.69 Å². The van der Waals surface area contributed by atoms with E-state index in [-0.39, 0.29) is 16.6 Å². The standard InChI is InChI=1S/C22H25N5O3S2/c1-2-27-21(17-10-12-19(13-11-17)32(29,30)26-14-6-7-15-26)24-25-22(27)31-16-20(28)23-18-8-4-3-5-9-18/h3-5,8-13H,2,6-7,14-16H2,1H3,(H,23,28). The maximum Gasteiger partial charge on any atom is 0.243 e. The van der Waals surface area contributed by atoms with Crippen molar-refractivity contribution < 1.29 is 13.2 Å². The van der Waals surface area contributed by atoms with Gasteiger partial charge in [0.2, 0.25) is 15.9 Å². The normalized spacial score (nSPS) is 14.5. The van der Waals surface area contributed by atoms with Crippen LogP contribution in [0, 0.1) is 0 Å². The molecule has 8 nitrogen and oxygen atoms in total. The molecule has 1 aliphatic heterocycles. The van der Waals surface area contributed by atoms with Crippen molar-refractivity contribution in [1.82, 2.24) is 19.1 Å². The zero-order valence-corrected chi connectivity index (χ0v) is 19.4. The summed E-state index contributed by atoms with van der Waals surface area (Å²) >= 11 is 1.31. The summed E-state index contributed by atoms with van der Waals surface area (Å²) in [7, 11) is -3.45. The molecule has 1 aromatic heterocycles. The predicted molar refractivity (Wildman–Crippen MR) is 125 cm³/mol. The molecule has 0 radical (unpaired) electrons. The molecular formula is C22H25N5O3S2. The Morgan fingerprint density at radius 2 is 1.72 bits per heavy atom. The van der Waals surface area contributed by atoms with E-state index in [4.69, 9.17) is 0 Å². The van der Waals surface area contributed by atoms with Crippen LogP contribution in [0.3, 0.4) is 0 Å². The van der Waals surface area contributed by atoms with Gasteiger partial charge in [-0.1, -0.05) is 30.0 Å². The van der Waals surface area contributed by atoms with Crippen LogP contribution in [0.5, 0.6) is 0 Å². The largest absolute Gasteiger partial charge is 0.325 e. The van der Waals surface area contributed by atoms with Crippen LogP contribution in [0.25, 0.3) is 11.4 Å². The van der Waals surface area contributed by atoms with E-state index in [1.54, 1.807) is 24.3 Å². The molecule has 0 aliphatic carbocycles. The molecule has 2 heterocycles. The minimum absolute atomic E-state index is 0.120. The van der Waals surface area contributed by atoms with Crippen LogP contribution < -0.4 is 5.32 Å². The number of nitrogens with zero attached hydrogens (tertiary/aromatic N) is 4. The fourth-order valence-corrected chi connectivity index (χ4v) is 5.92. The average Bonchev–Trinajstić information content (AvgIpc) is 3.49. The molecule has 32 heavy (non-hydrogen) atoms. The van der Waals surface area contributed by atoms with E-state index < -0.39 is 10.0 Å². The van der Waals surface area contributed by atoms with Crippen LogP contribution >= 0.6 is 11.8 Å². The molecule has 0 bridgehead atoms. The Morgan fingerprint density at radius 1 is 1.03 bits per heavy atom. The quantitative estimate of drug-likeness (QED) is 0.505. The monoisotopic (exact) mass is 471 g/mol. The van der Waals surface area contributed by atoms with Gasteiger partial charge in [0.05, 0.1) is 10.6 Å². The Balaban J connectivity index is 1.46. The second-order valence-electron chi connectivity index (χ2n) is 7.39. The number of para-hydroxylation sites is 1. The van der Waals surface area contributed by atoms with Gasteiger partial charge in [0.25, 0.3) is 0 Å². The molecule has 1 aliphatic rings. The summed E-state index contributed by atoms with van der Waals surface area (Å²) < 4.78 is 28.9. The van der Waals surface area contributed by atoms with Crippen molar-refractivity contribution in [2.45, 2.75) is 36.4 Å². The molecule has 10 heteroatoms. The summed E-state index contributed by atoms with van der Waals surface area (Å²) in [5, 5.41) is 12.0. The first-order valence-electron chi connectivity index (χ1n) is 10.5. The summed E-state index contributed by atoms with van der Waals surface area (Å²) in [6.45, 7) is 3.76. The third kappa shape index (κ3) is 4.87. The Morgan fingerprint density at radius 3 is 2.38 bits per heavy atom. The zero-order valence-electron chi connectivity index (χ0n) is 17.8. The topological polar surface area (TPSA) is 97.2 Å². The van der Waals surface area contributed by atoms with Gasteiger partial charge in [-0.2, -0.15) is 4.31 Å². The minimum Gasteiger partial charge on any atom is -0.325 e. The van der Waals surface area contributed by atoms with Crippen molar-refractivity contribution in [3.05, 3.63) is 54.6 Å². The van der Waals surface area contributed by atoms with Gasteiger partial charge in [-0.15, -0.1) is 10.2 Å². The van der Waals surface area contributed by atoms with Gasteiger partial charge in [0.1, 0.15) is 0 Å². The van der Waals surface area contributed by atoms with Crippen LogP contribution in [-0.2, 0) is 21.4 Å². The van der Waals surface area contributed by atoms with Gasteiger partial charge in [0, 0.05) is 30.9 Å². The molecule has 0 spiro atoms. The molecule has 0 atom stereocenters. The SMILES string of the molecule is CCn1c(SCC(=O)Nc2ccccc2)nnc1-c1ccc(S(=O)(=O)N2CCCC2)cc1. The van der Waals surface area contributed by atoms with E-state index in [9.17, 15) is 13.2 Å². The fraction of sp³-hybridized carbons (Fsp3) is 0.318. The van der Waals surface area contributed by atoms with E-state index in [2.05, 4.69) is 15.5 Å². The Hall–Kier alpha value is -2.69. The first-order valence-corrected chi connectivity index (χ1v) is 12.9. The Bertz CT molecular complexity index is 1170. The fourth-order valence-electron chi connectivity index (χ4n) is 3.60. The summed E-state index contributed by atoms with van der Waals surface area (Å²) in [6.07, 6.45) is 1.81. The minimum atomic E-state index is -3.45. The Labute approximate surface area is 192 Å². The zero-order chi connectivity index (χ0) is 22.6. The van der Waals surface area contributed by atoms with Gasteiger partial charge in [-0.25, -0.2) is 8.42 Å². The molecule has 1 amide bonds. The predicted octanol–water partition coefficient (Wildman–Crippen LogP) is 3.48. The van der Waals surface area contributed by atoms with Crippen LogP contribution in [0.1, 0.15) is 19.8 Å². The first-order chi connectivity index (χ1) is 15.5. The lowest BCUT2D eigenvalue weighted by Gasteiger charge is -2.15. The number of sulfonamides is 1. The maximum absolute atomic E-state index is 12.7. The highest BCUT2D eigenvalue weighted by Crippen LogP contribution is 2.27. The maximum atomic E-state index is 12.7. The number of hydrogen-bond donors (Lipinski definition) is 1. The van der Waals surface area contributed by atoms with Crippen molar-refractivity contribution in [3.8, 4) is 11.4 Å². The summed E-state index contributed by atoms with van der Waals surface area (Å²) in [5.74, 6) is 0.730. The highest BCUT2D eigenvalue weighted by atomic mass is 32.2. The van der Waals surface area contributed by atoms with Gasteiger partial charge in [-0.05, 0) is 56.2 Å². The van der Waals surface area contributed by atoms with Crippen molar-refractivity contribution in [2.24, 2.45) is 0 Å². The smallest absolute Gasteiger partial charge is 0.243 e. The third-order valence-corrected chi connectivity index (χ3v) is 8.12. The highest BCUT2D eigenvalue weighted by molar-refractivity contribution is 7.99. The number of rotatable bonds is 8. The number of benzene rings is 2. The van der Waals surface area contributed by atoms with Gasteiger partial charge >= 0.3 is 0 Å². The van der Waals surface area contributed by atoms with Crippen molar-refractivity contribution in [1.29, 1.82) is 0 Å². The number of carbonyl (C=O) groups is 1. The van der Waals surface area contributed by atoms with Crippen molar-refractivity contribution in [3.63, 3.8) is 0 Å². The third-order valence-electron chi connectivity index (χ3n) is 5.24. The highest BCUT2D eigenvalue weighted by Gasteiger charge is 2.27. The molecule has 3 aromatic rings. The molecule has 0 unspecified atom stereocenters. The number of thioether (sulfide) groups is 1. The van der Waals surface area contributed by atoms with Crippen molar-refractivity contribution >= 4 is 33.4 Å². The van der Waals surface area contributed by atoms with Crippen LogP contribution in [0.2, 0.25) is 0 Å². The van der Waals surface area contributed by atoms with E-state index in [0.717, 1.165) is 24.1 Å². The molecule has 0 saturated carbocycles. The molecule has 168 valence electrons. The molecular weight excluding hydrogens is 446 g/mol. The molecule has 1 saturated heterocycles. The van der Waals surface area contributed by atoms with Gasteiger partial charge < -0.3 is 9.88 Å². The number of amides is 1. The summed E-state index contributed by atoms with van der Waals surface area (Å²) in [4.78, 5) is 12.5. The number of aromatic nitrogens is 3. The number of anilines is 1. The van der Waals surface area contributed by atoms with Gasteiger partial charge in [0.15, 0.2) is 11.0 Å². The van der Waals surface area contributed by atoms with E-state index in [0.29, 0.717) is 30.6 Å². The van der Waals surface area contributed by atoms with E-state index in [1.165, 1.54) is 16.1 Å². The summed E-state index contributed by atoms with van der Waals surface area (Å²) in [6, 6.07) is 16.1. The van der Waals surface area contributed by atoms with Crippen LogP contribution in [0.15, 0.2) is 64.6 Å².